The van der Waals surface area contributed by atoms with Crippen LogP contribution in [0.5, 0.6) is 0 Å². The minimum absolute atomic E-state index is 0. The Labute approximate surface area is 117 Å². The van der Waals surface area contributed by atoms with Crippen molar-refractivity contribution in [2.24, 2.45) is 0 Å². The molecule has 0 saturated carbocycles. The Morgan fingerprint density at radius 2 is 1.06 bits per heavy atom. The van der Waals surface area contributed by atoms with Crippen LogP contribution in [0.25, 0.3) is 0 Å². The smallest absolute Gasteiger partial charge is 0.855 e. The van der Waals surface area contributed by atoms with E-state index >= 15 is 0 Å². The standard InChI is InChI=1S/C5H12N.3C2H5O.Ti/c1-4-5-6(2)3;3*1-2-3;/h1,4-5H2,2-3H3;3*2H2,1H3;/q4*-1;+4. The van der Waals surface area contributed by atoms with Crippen LogP contribution in [0.2, 0.25) is 0 Å². The van der Waals surface area contributed by atoms with Crippen LogP contribution in [0.3, 0.4) is 0 Å². The molecule has 0 radical (unpaired) electrons. The maximum atomic E-state index is 8.93. The van der Waals surface area contributed by atoms with E-state index in [0.717, 1.165) is 13.0 Å². The fourth-order valence-corrected chi connectivity index (χ4v) is 0.316. The van der Waals surface area contributed by atoms with Gasteiger partial charge in [-0.15, -0.1) is 19.8 Å². The number of rotatable bonds is 2. The molecule has 0 spiro atoms. The topological polar surface area (TPSA) is 72.4 Å². The van der Waals surface area contributed by atoms with Crippen molar-refractivity contribution in [3.63, 3.8) is 0 Å². The Morgan fingerprint density at radius 3 is 1.06 bits per heavy atom. The van der Waals surface area contributed by atoms with E-state index in [2.05, 4.69) is 11.8 Å². The van der Waals surface area contributed by atoms with Gasteiger partial charge in [0.2, 0.25) is 0 Å². The Morgan fingerprint density at radius 1 is 0.875 bits per heavy atom. The van der Waals surface area contributed by atoms with Crippen LogP contribution in [-0.4, -0.2) is 45.4 Å². The predicted octanol–water partition coefficient (Wildman–Crippen LogP) is -1.13. The maximum Gasteiger partial charge on any atom is 4.00 e. The van der Waals surface area contributed by atoms with Crippen molar-refractivity contribution >= 4 is 0 Å². The molecular weight excluding hydrogens is 242 g/mol. The Balaban J connectivity index is -0.0000000353. The van der Waals surface area contributed by atoms with Gasteiger partial charge in [-0.3, -0.25) is 0 Å². The van der Waals surface area contributed by atoms with Crippen molar-refractivity contribution in [3.8, 4) is 0 Å². The zero-order chi connectivity index (χ0) is 13.1. The van der Waals surface area contributed by atoms with Gasteiger partial charge < -0.3 is 27.1 Å². The molecule has 98 valence electrons. The molecule has 0 aliphatic carbocycles. The molecule has 0 rings (SSSR count). The van der Waals surface area contributed by atoms with Crippen LogP contribution in [0.4, 0.5) is 0 Å². The summed E-state index contributed by atoms with van der Waals surface area (Å²) in [6.07, 6.45) is 1.01. The van der Waals surface area contributed by atoms with E-state index in [4.69, 9.17) is 15.3 Å². The summed E-state index contributed by atoms with van der Waals surface area (Å²) >= 11 is 0. The molecule has 0 bridgehead atoms. The van der Waals surface area contributed by atoms with Crippen LogP contribution in [-0.2, 0) is 21.7 Å². The summed E-state index contributed by atoms with van der Waals surface area (Å²) in [5.41, 5.74) is 0. The summed E-state index contributed by atoms with van der Waals surface area (Å²) in [6, 6.07) is 0. The first-order valence-corrected chi connectivity index (χ1v) is 5.20. The predicted molar refractivity (Wildman–Crippen MR) is 60.2 cm³/mol. The molecule has 0 fully saturated rings. The van der Waals surface area contributed by atoms with Crippen molar-refractivity contribution in [1.82, 2.24) is 4.90 Å². The summed E-state index contributed by atoms with van der Waals surface area (Å²) in [4.78, 5) is 2.12. The number of hydrogen-bond acceptors (Lipinski definition) is 4. The second-order valence-corrected chi connectivity index (χ2v) is 2.52. The van der Waals surface area contributed by atoms with E-state index in [9.17, 15) is 0 Å². The van der Waals surface area contributed by atoms with Gasteiger partial charge >= 0.3 is 21.7 Å². The van der Waals surface area contributed by atoms with E-state index < -0.39 is 0 Å². The first-order valence-electron chi connectivity index (χ1n) is 5.20. The number of nitrogens with zero attached hydrogens (tertiary/aromatic N) is 1. The average molecular weight is 269 g/mol. The van der Waals surface area contributed by atoms with Crippen molar-refractivity contribution in [1.29, 1.82) is 0 Å². The Bertz CT molecular complexity index is 62.4. The number of hydrogen-bond donors (Lipinski definition) is 0. The quantitative estimate of drug-likeness (QED) is 0.470. The van der Waals surface area contributed by atoms with E-state index in [-0.39, 0.29) is 41.5 Å². The van der Waals surface area contributed by atoms with Crippen LogP contribution in [0.1, 0.15) is 27.2 Å². The molecule has 0 atom stereocenters. The summed E-state index contributed by atoms with van der Waals surface area (Å²) in [7, 11) is 4.09. The van der Waals surface area contributed by atoms with Gasteiger partial charge in [0.25, 0.3) is 0 Å². The van der Waals surface area contributed by atoms with E-state index in [1.807, 2.05) is 14.1 Å². The fourth-order valence-electron chi connectivity index (χ4n) is 0.316. The monoisotopic (exact) mass is 269 g/mol. The molecule has 16 heavy (non-hydrogen) atoms. The Kier molecular flexibility index (Phi) is 84.4. The van der Waals surface area contributed by atoms with Crippen LogP contribution in [0, 0.1) is 6.92 Å². The van der Waals surface area contributed by atoms with Gasteiger partial charge in [-0.25, -0.2) is 0 Å². The normalized spacial score (nSPS) is 7.12. The van der Waals surface area contributed by atoms with Crippen molar-refractivity contribution in [3.05, 3.63) is 6.92 Å². The van der Waals surface area contributed by atoms with Gasteiger partial charge in [-0.2, -0.15) is 6.42 Å². The molecule has 0 unspecified atom stereocenters. The minimum atomic E-state index is 0. The van der Waals surface area contributed by atoms with Crippen molar-refractivity contribution < 1.29 is 37.0 Å². The first-order chi connectivity index (χ1) is 7.01. The van der Waals surface area contributed by atoms with Crippen molar-refractivity contribution in [2.45, 2.75) is 27.2 Å². The minimum Gasteiger partial charge on any atom is -0.855 e. The van der Waals surface area contributed by atoms with Crippen LogP contribution >= 0.6 is 0 Å². The molecule has 0 aromatic carbocycles. The molecular formula is C11H27NO3Ti. The molecule has 0 N–H and O–H groups in total. The largest absolute Gasteiger partial charge is 4.00 e. The van der Waals surface area contributed by atoms with Gasteiger partial charge in [-0.05, 0) is 20.6 Å². The zero-order valence-electron chi connectivity index (χ0n) is 11.4. The fraction of sp³-hybridized carbons (Fsp3) is 0.909. The van der Waals surface area contributed by atoms with E-state index in [1.165, 1.54) is 0 Å². The second kappa shape index (κ2) is 45.0. The molecule has 0 saturated heterocycles. The van der Waals surface area contributed by atoms with E-state index in [1.54, 1.807) is 20.8 Å². The third kappa shape index (κ3) is 212. The van der Waals surface area contributed by atoms with Gasteiger partial charge in [0.15, 0.2) is 0 Å². The summed E-state index contributed by atoms with van der Waals surface area (Å²) < 4.78 is 0. The summed E-state index contributed by atoms with van der Waals surface area (Å²) in [5.74, 6) is 0. The molecule has 0 aromatic heterocycles. The first kappa shape index (κ1) is 30.0. The van der Waals surface area contributed by atoms with Gasteiger partial charge in [0.1, 0.15) is 0 Å². The molecule has 0 amide bonds. The molecule has 5 heteroatoms. The van der Waals surface area contributed by atoms with Crippen molar-refractivity contribution in [2.75, 3.05) is 40.5 Å². The summed E-state index contributed by atoms with van der Waals surface area (Å²) in [6.45, 7) is 9.49. The molecule has 0 heterocycles. The van der Waals surface area contributed by atoms with Crippen LogP contribution < -0.4 is 15.3 Å². The summed E-state index contributed by atoms with van der Waals surface area (Å²) in [5, 5.41) is 26.8. The van der Waals surface area contributed by atoms with E-state index in [0.29, 0.717) is 0 Å². The van der Waals surface area contributed by atoms with Gasteiger partial charge in [0.05, 0.1) is 0 Å². The van der Waals surface area contributed by atoms with Crippen LogP contribution in [0.15, 0.2) is 0 Å². The van der Waals surface area contributed by atoms with Gasteiger partial charge in [-0.1, -0.05) is 20.8 Å². The average Bonchev–Trinajstić information content (AvgIpc) is 2.07. The third-order valence-corrected chi connectivity index (χ3v) is 0.605. The van der Waals surface area contributed by atoms with Gasteiger partial charge in [0, 0.05) is 0 Å². The second-order valence-electron chi connectivity index (χ2n) is 2.52. The maximum absolute atomic E-state index is 8.93. The molecule has 0 aliphatic heterocycles. The molecule has 0 aromatic rings. The Hall–Kier alpha value is 0.554. The molecule has 4 nitrogen and oxygen atoms in total. The SMILES string of the molecule is CC[O-].CC[O-].CC[O-].[CH2-]CCN(C)C.[Ti+4]. The zero-order valence-corrected chi connectivity index (χ0v) is 13.0. The third-order valence-electron chi connectivity index (χ3n) is 0.605. The molecule has 0 aliphatic rings.